The summed E-state index contributed by atoms with van der Waals surface area (Å²) >= 11 is 0. The van der Waals surface area contributed by atoms with Gasteiger partial charge in [-0.05, 0) is 19.8 Å². The highest BCUT2D eigenvalue weighted by atomic mass is 16.5. The second-order valence-electron chi connectivity index (χ2n) is 3.98. The Bertz CT molecular complexity index is 299. The molecule has 0 saturated carbocycles. The number of nitrogens with two attached hydrogens (primary N) is 1. The summed E-state index contributed by atoms with van der Waals surface area (Å²) in [5.41, 5.74) is 5.85. The van der Waals surface area contributed by atoms with Crippen LogP contribution in [0.2, 0.25) is 0 Å². The Morgan fingerprint density at radius 1 is 1.44 bits per heavy atom. The molecule has 1 aromatic rings. The molecule has 5 nitrogen and oxygen atoms in total. The molecule has 0 saturated heterocycles. The molecule has 0 aliphatic heterocycles. The number of rotatable bonds is 7. The van der Waals surface area contributed by atoms with Gasteiger partial charge in [0.25, 0.3) is 0 Å². The Kier molecular flexibility index (Phi) is 5.42. The minimum atomic E-state index is 0.0230. The largest absolute Gasteiger partial charge is 0.373 e. The molecule has 2 N–H and O–H groups in total. The van der Waals surface area contributed by atoms with Crippen molar-refractivity contribution in [2.45, 2.75) is 52.2 Å². The summed E-state index contributed by atoms with van der Waals surface area (Å²) in [6.07, 6.45) is 1.89. The maximum Gasteiger partial charge on any atom is 0.231 e. The van der Waals surface area contributed by atoms with Crippen LogP contribution in [0.25, 0.3) is 0 Å². The Morgan fingerprint density at radius 2 is 2.19 bits per heavy atom. The quantitative estimate of drug-likeness (QED) is 0.719. The van der Waals surface area contributed by atoms with Gasteiger partial charge in [0.1, 0.15) is 6.61 Å². The van der Waals surface area contributed by atoms with Crippen LogP contribution in [0.1, 0.15) is 51.2 Å². The molecule has 2 unspecified atom stereocenters. The summed E-state index contributed by atoms with van der Waals surface area (Å²) in [6.45, 7) is 7.20. The average Bonchev–Trinajstić information content (AvgIpc) is 2.67. The summed E-state index contributed by atoms with van der Waals surface area (Å²) in [7, 11) is 0. The molecule has 2 atom stereocenters. The van der Waals surface area contributed by atoms with Crippen LogP contribution in [0.3, 0.4) is 0 Å². The molecule has 0 aliphatic carbocycles. The first-order valence-corrected chi connectivity index (χ1v) is 5.84. The normalized spacial score (nSPS) is 15.0. The molecule has 0 radical (unpaired) electrons. The third kappa shape index (κ3) is 3.57. The van der Waals surface area contributed by atoms with E-state index in [1.165, 1.54) is 0 Å². The third-order valence-corrected chi connectivity index (χ3v) is 2.46. The van der Waals surface area contributed by atoms with E-state index in [-0.39, 0.29) is 12.0 Å². The van der Waals surface area contributed by atoms with Crippen molar-refractivity contribution in [3.63, 3.8) is 0 Å². The predicted octanol–water partition coefficient (Wildman–Crippen LogP) is 1.84. The van der Waals surface area contributed by atoms with Gasteiger partial charge in [-0.2, -0.15) is 4.98 Å². The Balaban J connectivity index is 2.55. The molecule has 0 spiro atoms. The van der Waals surface area contributed by atoms with Crippen LogP contribution in [-0.2, 0) is 11.3 Å². The molecule has 0 aromatic carbocycles. The van der Waals surface area contributed by atoms with Crippen LogP contribution in [0.5, 0.6) is 0 Å². The van der Waals surface area contributed by atoms with Crippen LogP contribution >= 0.6 is 0 Å². The zero-order chi connectivity index (χ0) is 12.0. The van der Waals surface area contributed by atoms with Gasteiger partial charge in [0.2, 0.25) is 5.89 Å². The van der Waals surface area contributed by atoms with Gasteiger partial charge in [-0.1, -0.05) is 19.0 Å². The van der Waals surface area contributed by atoms with Crippen LogP contribution < -0.4 is 5.73 Å². The van der Waals surface area contributed by atoms with Crippen molar-refractivity contribution in [1.82, 2.24) is 10.1 Å². The molecule has 92 valence electrons. The van der Waals surface area contributed by atoms with Crippen molar-refractivity contribution in [2.24, 2.45) is 5.73 Å². The zero-order valence-corrected chi connectivity index (χ0v) is 10.3. The van der Waals surface area contributed by atoms with Gasteiger partial charge in [-0.25, -0.2) is 0 Å². The smallest absolute Gasteiger partial charge is 0.231 e. The number of hydrogen-bond donors (Lipinski definition) is 1. The van der Waals surface area contributed by atoms with Crippen LogP contribution in [0, 0.1) is 0 Å². The van der Waals surface area contributed by atoms with Crippen molar-refractivity contribution < 1.29 is 9.26 Å². The lowest BCUT2D eigenvalue weighted by molar-refractivity contribution is 0.114. The second-order valence-corrected chi connectivity index (χ2v) is 3.98. The van der Waals surface area contributed by atoms with E-state index in [0.717, 1.165) is 12.8 Å². The number of nitrogens with zero attached hydrogens (tertiary/aromatic N) is 2. The van der Waals surface area contributed by atoms with Crippen LogP contribution in [0.15, 0.2) is 4.52 Å². The predicted molar refractivity (Wildman–Crippen MR) is 60.9 cm³/mol. The number of hydrogen-bond acceptors (Lipinski definition) is 5. The first kappa shape index (κ1) is 13.1. The Hall–Kier alpha value is -0.940. The summed E-state index contributed by atoms with van der Waals surface area (Å²) in [4.78, 5) is 4.29. The lowest BCUT2D eigenvalue weighted by Crippen LogP contribution is -2.24. The van der Waals surface area contributed by atoms with Gasteiger partial charge in [0, 0.05) is 12.6 Å². The highest BCUT2D eigenvalue weighted by molar-refractivity contribution is 4.96. The van der Waals surface area contributed by atoms with Gasteiger partial charge < -0.3 is 15.0 Å². The first-order chi connectivity index (χ1) is 7.69. The maximum absolute atomic E-state index is 5.85. The van der Waals surface area contributed by atoms with E-state index < -0.39 is 0 Å². The van der Waals surface area contributed by atoms with Crippen LogP contribution in [0.4, 0.5) is 0 Å². The van der Waals surface area contributed by atoms with Gasteiger partial charge in [0.05, 0.1) is 5.92 Å². The molecule has 5 heteroatoms. The monoisotopic (exact) mass is 227 g/mol. The minimum Gasteiger partial charge on any atom is -0.373 e. The van der Waals surface area contributed by atoms with E-state index in [4.69, 9.17) is 15.0 Å². The molecule has 0 aliphatic rings. The molecule has 0 fully saturated rings. The molecular formula is C11H21N3O2. The van der Waals surface area contributed by atoms with Crippen molar-refractivity contribution in [1.29, 1.82) is 0 Å². The van der Waals surface area contributed by atoms with E-state index in [2.05, 4.69) is 24.0 Å². The van der Waals surface area contributed by atoms with Gasteiger partial charge >= 0.3 is 0 Å². The summed E-state index contributed by atoms with van der Waals surface area (Å²) in [5, 5.41) is 3.87. The molecule has 1 aromatic heterocycles. The molecule has 1 rings (SSSR count). The number of aromatic nitrogens is 2. The Labute approximate surface area is 96.4 Å². The van der Waals surface area contributed by atoms with Crippen molar-refractivity contribution in [3.05, 3.63) is 11.7 Å². The molecule has 0 bridgehead atoms. The highest BCUT2D eigenvalue weighted by Crippen LogP contribution is 2.20. The maximum atomic E-state index is 5.85. The fourth-order valence-electron chi connectivity index (χ4n) is 1.56. The van der Waals surface area contributed by atoms with Gasteiger partial charge in [-0.3, -0.25) is 0 Å². The van der Waals surface area contributed by atoms with Crippen LogP contribution in [-0.4, -0.2) is 22.8 Å². The highest BCUT2D eigenvalue weighted by Gasteiger charge is 2.20. The van der Waals surface area contributed by atoms with E-state index in [1.807, 2.05) is 6.92 Å². The first-order valence-electron chi connectivity index (χ1n) is 5.84. The van der Waals surface area contributed by atoms with Crippen molar-refractivity contribution in [3.8, 4) is 0 Å². The lowest BCUT2D eigenvalue weighted by Gasteiger charge is -2.13. The standard InChI is InChI=1S/C11H21N3O2/c1-4-6-15-7-10-13-11(16-14-10)9(5-2)8(3)12/h8-9H,4-7,12H2,1-3H3. The van der Waals surface area contributed by atoms with Gasteiger partial charge in [0.15, 0.2) is 5.82 Å². The number of ether oxygens (including phenoxy) is 1. The average molecular weight is 227 g/mol. The topological polar surface area (TPSA) is 74.2 Å². The van der Waals surface area contributed by atoms with Crippen molar-refractivity contribution >= 4 is 0 Å². The summed E-state index contributed by atoms with van der Waals surface area (Å²) in [5.74, 6) is 1.35. The lowest BCUT2D eigenvalue weighted by atomic mass is 9.99. The summed E-state index contributed by atoms with van der Waals surface area (Å²) in [6, 6.07) is 0.0230. The van der Waals surface area contributed by atoms with E-state index >= 15 is 0 Å². The Morgan fingerprint density at radius 3 is 2.75 bits per heavy atom. The molecular weight excluding hydrogens is 206 g/mol. The second kappa shape index (κ2) is 6.60. The van der Waals surface area contributed by atoms with E-state index in [0.29, 0.717) is 24.9 Å². The van der Waals surface area contributed by atoms with E-state index in [1.54, 1.807) is 0 Å². The minimum absolute atomic E-state index is 0.0230. The van der Waals surface area contributed by atoms with Gasteiger partial charge in [-0.15, -0.1) is 0 Å². The summed E-state index contributed by atoms with van der Waals surface area (Å²) < 4.78 is 10.5. The third-order valence-electron chi connectivity index (χ3n) is 2.46. The van der Waals surface area contributed by atoms with Crippen molar-refractivity contribution in [2.75, 3.05) is 6.61 Å². The fourth-order valence-corrected chi connectivity index (χ4v) is 1.56. The SMILES string of the molecule is CCCOCc1noc(C(CC)C(C)N)n1. The molecule has 16 heavy (non-hydrogen) atoms. The zero-order valence-electron chi connectivity index (χ0n) is 10.3. The molecule has 0 amide bonds. The van der Waals surface area contributed by atoms with E-state index in [9.17, 15) is 0 Å². The molecule has 1 heterocycles. The fraction of sp³-hybridized carbons (Fsp3) is 0.818.